The zero-order chi connectivity index (χ0) is 13.7. The summed E-state index contributed by atoms with van der Waals surface area (Å²) >= 11 is 0. The van der Waals surface area contributed by atoms with Crippen LogP contribution in [-0.2, 0) is 6.42 Å². The van der Waals surface area contributed by atoms with Crippen LogP contribution in [0.25, 0.3) is 0 Å². The maximum Gasteiger partial charge on any atom is 0.0412 e. The van der Waals surface area contributed by atoms with Crippen molar-refractivity contribution in [2.24, 2.45) is 5.73 Å². The highest BCUT2D eigenvalue weighted by molar-refractivity contribution is 5.54. The summed E-state index contributed by atoms with van der Waals surface area (Å²) in [6.45, 7) is 2.99. The third-order valence-electron chi connectivity index (χ3n) is 3.32. The van der Waals surface area contributed by atoms with E-state index in [1.807, 2.05) is 25.4 Å². The number of hydrogen-bond donors (Lipinski definition) is 1. The fourth-order valence-corrected chi connectivity index (χ4v) is 2.19. The summed E-state index contributed by atoms with van der Waals surface area (Å²) in [7, 11) is 2.11. The van der Waals surface area contributed by atoms with Crippen LogP contribution in [0.15, 0.2) is 48.8 Å². The molecule has 1 atom stereocenters. The maximum atomic E-state index is 6.02. The van der Waals surface area contributed by atoms with Crippen LogP contribution in [0.4, 0.5) is 5.69 Å². The molecule has 0 aliphatic rings. The molecular weight excluding hydrogens is 234 g/mol. The highest BCUT2D eigenvalue weighted by Crippen LogP contribution is 2.24. The molecule has 0 amide bonds. The number of hydrogen-bond acceptors (Lipinski definition) is 3. The van der Waals surface area contributed by atoms with Crippen LogP contribution in [0.3, 0.4) is 0 Å². The Morgan fingerprint density at radius 1 is 1.16 bits per heavy atom. The molecule has 3 nitrogen and oxygen atoms in total. The lowest BCUT2D eigenvalue weighted by Gasteiger charge is -2.24. The van der Waals surface area contributed by atoms with Crippen molar-refractivity contribution in [2.75, 3.05) is 18.5 Å². The minimum Gasteiger partial charge on any atom is -0.374 e. The third kappa shape index (κ3) is 3.55. The van der Waals surface area contributed by atoms with Gasteiger partial charge in [-0.05, 0) is 42.7 Å². The van der Waals surface area contributed by atoms with E-state index in [9.17, 15) is 0 Å². The van der Waals surface area contributed by atoms with Gasteiger partial charge in [-0.25, -0.2) is 0 Å². The number of nitrogens with two attached hydrogens (primary N) is 1. The Morgan fingerprint density at radius 3 is 2.53 bits per heavy atom. The molecule has 100 valence electrons. The number of aromatic nitrogens is 1. The SMILES string of the molecule is CC(N)c1ccccc1N(C)CCc1ccncc1. The first-order valence-electron chi connectivity index (χ1n) is 6.63. The van der Waals surface area contributed by atoms with Crippen molar-refractivity contribution in [2.45, 2.75) is 19.4 Å². The summed E-state index contributed by atoms with van der Waals surface area (Å²) in [5.74, 6) is 0. The number of nitrogens with zero attached hydrogens (tertiary/aromatic N) is 2. The summed E-state index contributed by atoms with van der Waals surface area (Å²) in [5, 5.41) is 0. The van der Waals surface area contributed by atoms with E-state index in [2.05, 4.69) is 47.3 Å². The van der Waals surface area contributed by atoms with Gasteiger partial charge in [0.05, 0.1) is 0 Å². The fourth-order valence-electron chi connectivity index (χ4n) is 2.19. The molecule has 0 aliphatic heterocycles. The Morgan fingerprint density at radius 2 is 1.84 bits per heavy atom. The van der Waals surface area contributed by atoms with Crippen molar-refractivity contribution in [3.05, 3.63) is 59.9 Å². The van der Waals surface area contributed by atoms with E-state index >= 15 is 0 Å². The predicted octanol–water partition coefficient (Wildman–Crippen LogP) is 2.78. The van der Waals surface area contributed by atoms with Gasteiger partial charge < -0.3 is 10.6 Å². The lowest BCUT2D eigenvalue weighted by Crippen LogP contribution is -2.23. The summed E-state index contributed by atoms with van der Waals surface area (Å²) < 4.78 is 0. The molecule has 0 radical (unpaired) electrons. The number of para-hydroxylation sites is 1. The summed E-state index contributed by atoms with van der Waals surface area (Å²) in [6.07, 6.45) is 4.68. The molecule has 2 rings (SSSR count). The third-order valence-corrected chi connectivity index (χ3v) is 3.32. The summed E-state index contributed by atoms with van der Waals surface area (Å²) in [4.78, 5) is 6.30. The van der Waals surface area contributed by atoms with Gasteiger partial charge >= 0.3 is 0 Å². The van der Waals surface area contributed by atoms with Gasteiger partial charge in [0.1, 0.15) is 0 Å². The Bertz CT molecular complexity index is 508. The van der Waals surface area contributed by atoms with E-state index in [1.165, 1.54) is 16.8 Å². The molecule has 2 N–H and O–H groups in total. The van der Waals surface area contributed by atoms with E-state index in [0.717, 1.165) is 13.0 Å². The van der Waals surface area contributed by atoms with Crippen molar-refractivity contribution in [3.8, 4) is 0 Å². The van der Waals surface area contributed by atoms with Gasteiger partial charge in [0.2, 0.25) is 0 Å². The topological polar surface area (TPSA) is 42.1 Å². The van der Waals surface area contributed by atoms with Crippen LogP contribution < -0.4 is 10.6 Å². The predicted molar refractivity (Wildman–Crippen MR) is 80.3 cm³/mol. The second-order valence-corrected chi connectivity index (χ2v) is 4.87. The summed E-state index contributed by atoms with van der Waals surface area (Å²) in [5.41, 5.74) is 9.74. The molecular formula is C16H21N3. The van der Waals surface area contributed by atoms with Crippen molar-refractivity contribution >= 4 is 5.69 Å². The maximum absolute atomic E-state index is 6.02. The quantitative estimate of drug-likeness (QED) is 0.893. The van der Waals surface area contributed by atoms with Gasteiger partial charge in [0, 0.05) is 37.7 Å². The molecule has 1 aromatic carbocycles. The Hall–Kier alpha value is -1.87. The van der Waals surface area contributed by atoms with Gasteiger partial charge in [-0.15, -0.1) is 0 Å². The van der Waals surface area contributed by atoms with Gasteiger partial charge in [0.25, 0.3) is 0 Å². The monoisotopic (exact) mass is 255 g/mol. The smallest absolute Gasteiger partial charge is 0.0412 e. The molecule has 0 fully saturated rings. The molecule has 0 aliphatic carbocycles. The van der Waals surface area contributed by atoms with Crippen molar-refractivity contribution in [3.63, 3.8) is 0 Å². The molecule has 0 saturated carbocycles. The molecule has 1 unspecified atom stereocenters. The highest BCUT2D eigenvalue weighted by atomic mass is 15.1. The van der Waals surface area contributed by atoms with Gasteiger partial charge in [-0.2, -0.15) is 0 Å². The first kappa shape index (κ1) is 13.6. The van der Waals surface area contributed by atoms with E-state index in [0.29, 0.717) is 0 Å². The van der Waals surface area contributed by atoms with Crippen LogP contribution in [0.1, 0.15) is 24.1 Å². The Kier molecular flexibility index (Phi) is 4.53. The lowest BCUT2D eigenvalue weighted by molar-refractivity contribution is 0.796. The second kappa shape index (κ2) is 6.34. The molecule has 2 aromatic rings. The number of pyridine rings is 1. The van der Waals surface area contributed by atoms with E-state index in [-0.39, 0.29) is 6.04 Å². The van der Waals surface area contributed by atoms with E-state index in [1.54, 1.807) is 0 Å². The normalized spacial score (nSPS) is 12.2. The zero-order valence-electron chi connectivity index (χ0n) is 11.6. The van der Waals surface area contributed by atoms with E-state index < -0.39 is 0 Å². The van der Waals surface area contributed by atoms with Crippen LogP contribution in [-0.4, -0.2) is 18.6 Å². The van der Waals surface area contributed by atoms with Crippen LogP contribution in [0, 0.1) is 0 Å². The number of benzene rings is 1. The molecule has 0 saturated heterocycles. The number of likely N-dealkylation sites (N-methyl/N-ethyl adjacent to an activating group) is 1. The minimum atomic E-state index is 0.0552. The fraction of sp³-hybridized carbons (Fsp3) is 0.312. The standard InChI is InChI=1S/C16H21N3/c1-13(17)15-5-3-4-6-16(15)19(2)12-9-14-7-10-18-11-8-14/h3-8,10-11,13H,9,12,17H2,1-2H3. The molecule has 3 heteroatoms. The highest BCUT2D eigenvalue weighted by Gasteiger charge is 2.09. The number of anilines is 1. The largest absolute Gasteiger partial charge is 0.374 e. The van der Waals surface area contributed by atoms with Crippen LogP contribution in [0.2, 0.25) is 0 Å². The van der Waals surface area contributed by atoms with Crippen molar-refractivity contribution in [1.82, 2.24) is 4.98 Å². The Balaban J connectivity index is 2.06. The molecule has 0 bridgehead atoms. The summed E-state index contributed by atoms with van der Waals surface area (Å²) in [6, 6.07) is 12.5. The second-order valence-electron chi connectivity index (χ2n) is 4.87. The first-order chi connectivity index (χ1) is 9.18. The molecule has 1 heterocycles. The lowest BCUT2D eigenvalue weighted by atomic mass is 10.1. The first-order valence-corrected chi connectivity index (χ1v) is 6.63. The minimum absolute atomic E-state index is 0.0552. The van der Waals surface area contributed by atoms with Gasteiger partial charge in [0.15, 0.2) is 0 Å². The van der Waals surface area contributed by atoms with Gasteiger partial charge in [-0.3, -0.25) is 4.98 Å². The van der Waals surface area contributed by atoms with E-state index in [4.69, 9.17) is 5.73 Å². The number of rotatable bonds is 5. The average molecular weight is 255 g/mol. The molecule has 19 heavy (non-hydrogen) atoms. The van der Waals surface area contributed by atoms with Crippen LogP contribution in [0.5, 0.6) is 0 Å². The Labute approximate surface area is 115 Å². The van der Waals surface area contributed by atoms with Crippen molar-refractivity contribution < 1.29 is 0 Å². The molecule has 0 spiro atoms. The average Bonchev–Trinajstić information content (AvgIpc) is 2.46. The van der Waals surface area contributed by atoms with Crippen molar-refractivity contribution in [1.29, 1.82) is 0 Å². The molecule has 1 aromatic heterocycles. The zero-order valence-corrected chi connectivity index (χ0v) is 11.6. The van der Waals surface area contributed by atoms with Gasteiger partial charge in [-0.1, -0.05) is 18.2 Å². The van der Waals surface area contributed by atoms with Crippen LogP contribution >= 0.6 is 0 Å².